The second-order valence-electron chi connectivity index (χ2n) is 4.97. The first-order valence-electron chi connectivity index (χ1n) is 6.44. The number of anilines is 1. The Morgan fingerprint density at radius 3 is 2.19 bits per heavy atom. The van der Waals surface area contributed by atoms with Crippen molar-refractivity contribution >= 4 is 21.6 Å². The van der Waals surface area contributed by atoms with E-state index < -0.39 is 12.2 Å². The molecule has 5 heteroatoms. The molecule has 0 saturated carbocycles. The number of benzene rings is 2. The largest absolute Gasteiger partial charge is 0.412 e. The monoisotopic (exact) mass is 357 g/mol. The Morgan fingerprint density at radius 2 is 1.67 bits per heavy atom. The van der Waals surface area contributed by atoms with Crippen LogP contribution in [0.25, 0.3) is 0 Å². The van der Waals surface area contributed by atoms with Crippen LogP contribution in [0, 0.1) is 13.8 Å². The molecule has 1 N–H and O–H groups in total. The average molecular weight is 358 g/mol. The van der Waals surface area contributed by atoms with Gasteiger partial charge in [-0.15, -0.1) is 0 Å². The second-order valence-corrected chi connectivity index (χ2v) is 5.82. The highest BCUT2D eigenvalue weighted by atomic mass is 79.9. The van der Waals surface area contributed by atoms with Gasteiger partial charge in [-0.3, -0.25) is 0 Å². The van der Waals surface area contributed by atoms with Gasteiger partial charge in [0.1, 0.15) is 6.04 Å². The van der Waals surface area contributed by atoms with E-state index in [-0.39, 0.29) is 5.56 Å². The van der Waals surface area contributed by atoms with Gasteiger partial charge < -0.3 is 5.32 Å². The zero-order valence-corrected chi connectivity index (χ0v) is 13.2. The van der Waals surface area contributed by atoms with Crippen LogP contribution in [0.3, 0.4) is 0 Å². The summed E-state index contributed by atoms with van der Waals surface area (Å²) in [5.74, 6) is 0. The number of hydrogen-bond acceptors (Lipinski definition) is 1. The molecule has 1 atom stereocenters. The molecule has 0 spiro atoms. The first-order chi connectivity index (χ1) is 9.79. The first kappa shape index (κ1) is 15.9. The summed E-state index contributed by atoms with van der Waals surface area (Å²) in [6, 6.07) is 9.77. The summed E-state index contributed by atoms with van der Waals surface area (Å²) in [6.45, 7) is 3.69. The fourth-order valence-electron chi connectivity index (χ4n) is 2.24. The molecule has 1 nitrogen and oxygen atoms in total. The van der Waals surface area contributed by atoms with E-state index in [2.05, 4.69) is 21.2 Å². The average Bonchev–Trinajstić information content (AvgIpc) is 2.37. The van der Waals surface area contributed by atoms with Crippen LogP contribution in [0.15, 0.2) is 46.9 Å². The lowest BCUT2D eigenvalue weighted by Gasteiger charge is -2.25. The first-order valence-corrected chi connectivity index (χ1v) is 7.23. The zero-order chi connectivity index (χ0) is 15.6. The van der Waals surface area contributed by atoms with E-state index >= 15 is 0 Å². The molecule has 0 heterocycles. The van der Waals surface area contributed by atoms with Crippen LogP contribution in [-0.4, -0.2) is 6.18 Å². The quantitative estimate of drug-likeness (QED) is 0.733. The predicted octanol–water partition coefficient (Wildman–Crippen LogP) is 5.78. The van der Waals surface area contributed by atoms with Gasteiger partial charge in [-0.1, -0.05) is 36.4 Å². The maximum atomic E-state index is 13.4. The molecule has 0 aliphatic rings. The summed E-state index contributed by atoms with van der Waals surface area (Å²) in [7, 11) is 0. The van der Waals surface area contributed by atoms with Crippen molar-refractivity contribution in [3.05, 3.63) is 63.6 Å². The molecule has 0 aliphatic heterocycles. The minimum atomic E-state index is -4.38. The smallest absolute Gasteiger partial charge is 0.369 e. The Kier molecular flexibility index (Phi) is 4.61. The van der Waals surface area contributed by atoms with Gasteiger partial charge in [-0.05, 0) is 52.5 Å². The molecule has 0 fully saturated rings. The molecule has 0 bridgehead atoms. The van der Waals surface area contributed by atoms with Gasteiger partial charge in [0.15, 0.2) is 0 Å². The number of alkyl halides is 3. The molecule has 0 amide bonds. The van der Waals surface area contributed by atoms with Crippen molar-refractivity contribution in [2.45, 2.75) is 26.1 Å². The van der Waals surface area contributed by atoms with Gasteiger partial charge in [0.2, 0.25) is 0 Å². The Bertz CT molecular complexity index is 600. The molecule has 2 aromatic rings. The Labute approximate surface area is 130 Å². The number of nitrogens with one attached hydrogen (secondary N) is 1. The van der Waals surface area contributed by atoms with Crippen molar-refractivity contribution in [3.8, 4) is 0 Å². The molecule has 2 aromatic carbocycles. The van der Waals surface area contributed by atoms with Crippen LogP contribution < -0.4 is 5.32 Å². The van der Waals surface area contributed by atoms with Gasteiger partial charge in [-0.2, -0.15) is 13.2 Å². The molecule has 21 heavy (non-hydrogen) atoms. The number of hydrogen-bond donors (Lipinski definition) is 1. The summed E-state index contributed by atoms with van der Waals surface area (Å²) in [4.78, 5) is 0. The topological polar surface area (TPSA) is 12.0 Å². The highest BCUT2D eigenvalue weighted by Gasteiger charge is 2.41. The molecule has 0 aromatic heterocycles. The fourth-order valence-corrected chi connectivity index (χ4v) is 3.03. The van der Waals surface area contributed by atoms with E-state index in [1.165, 1.54) is 12.1 Å². The van der Waals surface area contributed by atoms with Crippen LogP contribution in [0.5, 0.6) is 0 Å². The molecule has 0 saturated heterocycles. The van der Waals surface area contributed by atoms with E-state index in [1.54, 1.807) is 31.2 Å². The van der Waals surface area contributed by atoms with Gasteiger partial charge in [-0.25, -0.2) is 0 Å². The summed E-state index contributed by atoms with van der Waals surface area (Å²) in [5.41, 5.74) is 2.42. The third kappa shape index (κ3) is 3.79. The van der Waals surface area contributed by atoms with E-state index in [9.17, 15) is 13.2 Å². The summed E-state index contributed by atoms with van der Waals surface area (Å²) in [6.07, 6.45) is -4.38. The lowest BCUT2D eigenvalue weighted by molar-refractivity contribution is -0.144. The van der Waals surface area contributed by atoms with Gasteiger partial charge in [0.25, 0.3) is 0 Å². The lowest BCUT2D eigenvalue weighted by atomic mass is 10.0. The standard InChI is InChI=1S/C16H15BrF3N/c1-10-8-11(2)14(13(17)9-10)21-15(16(18,19)20)12-6-4-3-5-7-12/h3-9,15,21H,1-2H3. The summed E-state index contributed by atoms with van der Waals surface area (Å²) < 4.78 is 40.7. The Hall–Kier alpha value is -1.49. The van der Waals surface area contributed by atoms with Crippen molar-refractivity contribution in [1.29, 1.82) is 0 Å². The molecular formula is C16H15BrF3N. The minimum absolute atomic E-state index is 0.192. The van der Waals surface area contributed by atoms with Crippen LogP contribution in [0.4, 0.5) is 18.9 Å². The molecule has 2 rings (SSSR count). The maximum absolute atomic E-state index is 13.4. The van der Waals surface area contributed by atoms with E-state index in [4.69, 9.17) is 0 Å². The van der Waals surface area contributed by atoms with Crippen LogP contribution >= 0.6 is 15.9 Å². The van der Waals surface area contributed by atoms with Crippen LogP contribution in [0.2, 0.25) is 0 Å². The number of rotatable bonds is 3. The van der Waals surface area contributed by atoms with Crippen molar-refractivity contribution in [1.82, 2.24) is 0 Å². The highest BCUT2D eigenvalue weighted by molar-refractivity contribution is 9.10. The lowest BCUT2D eigenvalue weighted by Crippen LogP contribution is -2.28. The van der Waals surface area contributed by atoms with Crippen molar-refractivity contribution in [3.63, 3.8) is 0 Å². The van der Waals surface area contributed by atoms with E-state index in [1.807, 2.05) is 13.0 Å². The van der Waals surface area contributed by atoms with Gasteiger partial charge in [0, 0.05) is 4.47 Å². The Morgan fingerprint density at radius 1 is 1.05 bits per heavy atom. The van der Waals surface area contributed by atoms with Gasteiger partial charge >= 0.3 is 6.18 Å². The number of aryl methyl sites for hydroxylation is 2. The SMILES string of the molecule is Cc1cc(C)c(NC(c2ccccc2)C(F)(F)F)c(Br)c1. The third-order valence-electron chi connectivity index (χ3n) is 3.18. The van der Waals surface area contributed by atoms with Crippen molar-refractivity contribution in [2.24, 2.45) is 0 Å². The summed E-state index contributed by atoms with van der Waals surface area (Å²) in [5, 5.41) is 2.63. The fraction of sp³-hybridized carbons (Fsp3) is 0.250. The molecular weight excluding hydrogens is 343 g/mol. The third-order valence-corrected chi connectivity index (χ3v) is 3.81. The normalized spacial score (nSPS) is 13.0. The van der Waals surface area contributed by atoms with E-state index in [0.717, 1.165) is 11.1 Å². The molecule has 0 radical (unpaired) electrons. The van der Waals surface area contributed by atoms with Crippen LogP contribution in [0.1, 0.15) is 22.7 Å². The second kappa shape index (κ2) is 6.10. The zero-order valence-electron chi connectivity index (χ0n) is 11.6. The minimum Gasteiger partial charge on any atom is -0.369 e. The molecule has 1 unspecified atom stereocenters. The number of halogens is 4. The highest BCUT2D eigenvalue weighted by Crippen LogP contribution is 2.38. The molecule has 0 aliphatic carbocycles. The molecule has 112 valence electrons. The van der Waals surface area contributed by atoms with E-state index in [0.29, 0.717) is 10.2 Å². The van der Waals surface area contributed by atoms with Crippen molar-refractivity contribution < 1.29 is 13.2 Å². The van der Waals surface area contributed by atoms with Crippen molar-refractivity contribution in [2.75, 3.05) is 5.32 Å². The Balaban J connectivity index is 2.42. The predicted molar refractivity (Wildman–Crippen MR) is 82.5 cm³/mol. The summed E-state index contributed by atoms with van der Waals surface area (Å²) >= 11 is 3.34. The van der Waals surface area contributed by atoms with Crippen LogP contribution in [-0.2, 0) is 0 Å². The maximum Gasteiger partial charge on any atom is 0.412 e. The van der Waals surface area contributed by atoms with Gasteiger partial charge in [0.05, 0.1) is 5.69 Å².